The Labute approximate surface area is 108 Å². The van der Waals surface area contributed by atoms with E-state index in [1.54, 1.807) is 12.1 Å². The van der Waals surface area contributed by atoms with Crippen molar-refractivity contribution in [3.05, 3.63) is 29.0 Å². The second-order valence-electron chi connectivity index (χ2n) is 3.86. The molecular weight excluding hydrogens is 256 g/mol. The van der Waals surface area contributed by atoms with Crippen LogP contribution in [0, 0.1) is 0 Å². The summed E-state index contributed by atoms with van der Waals surface area (Å²) in [5.74, 6) is 1.83. The molecule has 0 amide bonds. The molecule has 0 unspecified atom stereocenters. The zero-order valence-corrected chi connectivity index (χ0v) is 10.2. The molecule has 2 heterocycles. The van der Waals surface area contributed by atoms with Gasteiger partial charge in [0.2, 0.25) is 0 Å². The molecule has 0 bridgehead atoms. The quantitative estimate of drug-likeness (QED) is 0.902. The smallest absolute Gasteiger partial charge is 0.179 e. The average Bonchev–Trinajstić information content (AvgIpc) is 2.87. The summed E-state index contributed by atoms with van der Waals surface area (Å²) in [4.78, 5) is 0. The van der Waals surface area contributed by atoms with Gasteiger partial charge in [0.15, 0.2) is 17.3 Å². The number of hydrogen-bond acceptors (Lipinski definition) is 5. The van der Waals surface area contributed by atoms with E-state index in [2.05, 4.69) is 5.16 Å². The molecule has 6 heteroatoms. The molecule has 0 fully saturated rings. The van der Waals surface area contributed by atoms with E-state index in [0.29, 0.717) is 47.7 Å². The molecule has 5 nitrogen and oxygen atoms in total. The minimum absolute atomic E-state index is 0.311. The summed E-state index contributed by atoms with van der Waals surface area (Å²) in [7, 11) is 0. The van der Waals surface area contributed by atoms with Crippen LogP contribution in [0.25, 0.3) is 11.3 Å². The van der Waals surface area contributed by atoms with E-state index in [4.69, 9.17) is 31.3 Å². The standard InChI is InChI=1S/C12H11ClN2O3/c13-9-3-7(10-5-8(6-14)18-15-10)4-11-12(9)17-2-1-16-11/h3-5H,1-2,6,14H2. The van der Waals surface area contributed by atoms with Gasteiger partial charge in [0, 0.05) is 11.6 Å². The van der Waals surface area contributed by atoms with Crippen LogP contribution in [-0.2, 0) is 6.54 Å². The largest absolute Gasteiger partial charge is 0.486 e. The Balaban J connectivity index is 2.04. The third-order valence-electron chi connectivity index (χ3n) is 2.65. The van der Waals surface area contributed by atoms with Crippen LogP contribution in [0.1, 0.15) is 5.76 Å². The van der Waals surface area contributed by atoms with Crippen LogP contribution in [0.5, 0.6) is 11.5 Å². The molecule has 0 spiro atoms. The molecule has 1 aromatic carbocycles. The maximum atomic E-state index is 6.15. The van der Waals surface area contributed by atoms with Crippen LogP contribution in [0.15, 0.2) is 22.7 Å². The molecule has 0 aliphatic carbocycles. The molecule has 0 saturated heterocycles. The highest BCUT2D eigenvalue weighted by Gasteiger charge is 2.18. The van der Waals surface area contributed by atoms with E-state index in [0.717, 1.165) is 5.56 Å². The maximum Gasteiger partial charge on any atom is 0.179 e. The van der Waals surface area contributed by atoms with Crippen LogP contribution in [0.3, 0.4) is 0 Å². The Morgan fingerprint density at radius 1 is 1.22 bits per heavy atom. The highest BCUT2D eigenvalue weighted by molar-refractivity contribution is 6.32. The molecule has 1 aliphatic heterocycles. The molecule has 0 saturated carbocycles. The highest BCUT2D eigenvalue weighted by Crippen LogP contribution is 2.40. The van der Waals surface area contributed by atoms with Gasteiger partial charge in [-0.3, -0.25) is 0 Å². The second-order valence-corrected chi connectivity index (χ2v) is 4.27. The summed E-state index contributed by atoms with van der Waals surface area (Å²) in [5.41, 5.74) is 6.97. The van der Waals surface area contributed by atoms with Crippen molar-refractivity contribution in [3.8, 4) is 22.8 Å². The fourth-order valence-corrected chi connectivity index (χ4v) is 2.07. The van der Waals surface area contributed by atoms with Gasteiger partial charge in [-0.25, -0.2) is 0 Å². The number of halogens is 1. The molecule has 1 aliphatic rings. The second kappa shape index (κ2) is 4.51. The predicted molar refractivity (Wildman–Crippen MR) is 65.8 cm³/mol. The molecule has 2 aromatic rings. The van der Waals surface area contributed by atoms with E-state index in [9.17, 15) is 0 Å². The lowest BCUT2D eigenvalue weighted by molar-refractivity contribution is 0.172. The van der Waals surface area contributed by atoms with E-state index in [1.807, 2.05) is 6.07 Å². The van der Waals surface area contributed by atoms with Gasteiger partial charge in [0.25, 0.3) is 0 Å². The first-order valence-corrected chi connectivity index (χ1v) is 5.91. The Morgan fingerprint density at radius 3 is 2.83 bits per heavy atom. The number of fused-ring (bicyclic) bond motifs is 1. The SMILES string of the molecule is NCc1cc(-c2cc(Cl)c3c(c2)OCCO3)no1. The number of nitrogens with two attached hydrogens (primary N) is 1. The molecule has 0 atom stereocenters. The lowest BCUT2D eigenvalue weighted by atomic mass is 10.1. The van der Waals surface area contributed by atoms with Gasteiger partial charge in [-0.1, -0.05) is 16.8 Å². The van der Waals surface area contributed by atoms with Crippen molar-refractivity contribution >= 4 is 11.6 Å². The number of ether oxygens (including phenoxy) is 2. The zero-order valence-electron chi connectivity index (χ0n) is 9.48. The summed E-state index contributed by atoms with van der Waals surface area (Å²) >= 11 is 6.15. The van der Waals surface area contributed by atoms with E-state index >= 15 is 0 Å². The fraction of sp³-hybridized carbons (Fsp3) is 0.250. The number of benzene rings is 1. The molecule has 18 heavy (non-hydrogen) atoms. The van der Waals surface area contributed by atoms with Crippen molar-refractivity contribution in [3.63, 3.8) is 0 Å². The summed E-state index contributed by atoms with van der Waals surface area (Å²) in [6, 6.07) is 5.38. The number of nitrogens with zero attached hydrogens (tertiary/aromatic N) is 1. The topological polar surface area (TPSA) is 70.5 Å². The first-order valence-electron chi connectivity index (χ1n) is 5.53. The maximum absolute atomic E-state index is 6.15. The molecule has 3 rings (SSSR count). The monoisotopic (exact) mass is 266 g/mol. The third kappa shape index (κ3) is 1.91. The molecular formula is C12H11ClN2O3. The summed E-state index contributed by atoms with van der Waals surface area (Å²) < 4.78 is 16.0. The van der Waals surface area contributed by atoms with Crippen LogP contribution in [0.4, 0.5) is 0 Å². The first-order chi connectivity index (χ1) is 8.78. The van der Waals surface area contributed by atoms with Crippen LogP contribution >= 0.6 is 11.6 Å². The average molecular weight is 267 g/mol. The Bertz CT molecular complexity index is 583. The van der Waals surface area contributed by atoms with E-state index in [1.165, 1.54) is 0 Å². The first kappa shape index (κ1) is 11.4. The fourth-order valence-electron chi connectivity index (χ4n) is 1.80. The van der Waals surface area contributed by atoms with Gasteiger partial charge >= 0.3 is 0 Å². The van der Waals surface area contributed by atoms with E-state index in [-0.39, 0.29) is 0 Å². The van der Waals surface area contributed by atoms with Crippen molar-refractivity contribution in [2.24, 2.45) is 5.73 Å². The van der Waals surface area contributed by atoms with Crippen molar-refractivity contribution in [2.45, 2.75) is 6.54 Å². The third-order valence-corrected chi connectivity index (χ3v) is 2.93. The highest BCUT2D eigenvalue weighted by atomic mass is 35.5. The van der Waals surface area contributed by atoms with Crippen molar-refractivity contribution in [1.82, 2.24) is 5.16 Å². The number of hydrogen-bond donors (Lipinski definition) is 1. The molecule has 1 aromatic heterocycles. The van der Waals surface area contributed by atoms with Gasteiger partial charge in [0.05, 0.1) is 11.6 Å². The molecule has 94 valence electrons. The van der Waals surface area contributed by atoms with Gasteiger partial charge in [0.1, 0.15) is 18.9 Å². The lowest BCUT2D eigenvalue weighted by Gasteiger charge is -2.19. The Hall–Kier alpha value is -1.72. The predicted octanol–water partition coefficient (Wildman–Crippen LogP) is 2.22. The van der Waals surface area contributed by atoms with E-state index < -0.39 is 0 Å². The number of aromatic nitrogens is 1. The molecule has 0 radical (unpaired) electrons. The van der Waals surface area contributed by atoms with Crippen molar-refractivity contribution < 1.29 is 14.0 Å². The van der Waals surface area contributed by atoms with Gasteiger partial charge in [-0.2, -0.15) is 0 Å². The van der Waals surface area contributed by atoms with Crippen molar-refractivity contribution in [1.29, 1.82) is 0 Å². The summed E-state index contributed by atoms with van der Waals surface area (Å²) in [6.45, 7) is 1.33. The normalized spacial score (nSPS) is 13.7. The van der Waals surface area contributed by atoms with Gasteiger partial charge in [-0.15, -0.1) is 0 Å². The Kier molecular flexibility index (Phi) is 2.85. The zero-order chi connectivity index (χ0) is 12.5. The van der Waals surface area contributed by atoms with Gasteiger partial charge in [-0.05, 0) is 12.1 Å². The van der Waals surface area contributed by atoms with Crippen LogP contribution < -0.4 is 15.2 Å². The minimum atomic E-state index is 0.311. The number of rotatable bonds is 2. The van der Waals surface area contributed by atoms with Crippen LogP contribution in [-0.4, -0.2) is 18.4 Å². The van der Waals surface area contributed by atoms with Crippen molar-refractivity contribution in [2.75, 3.05) is 13.2 Å². The lowest BCUT2D eigenvalue weighted by Crippen LogP contribution is -2.15. The minimum Gasteiger partial charge on any atom is -0.486 e. The summed E-state index contributed by atoms with van der Waals surface area (Å²) in [6.07, 6.45) is 0. The van der Waals surface area contributed by atoms with Crippen LogP contribution in [0.2, 0.25) is 5.02 Å². The van der Waals surface area contributed by atoms with Gasteiger partial charge < -0.3 is 19.7 Å². The summed E-state index contributed by atoms with van der Waals surface area (Å²) in [5, 5.41) is 4.44. The molecule has 2 N–H and O–H groups in total. The Morgan fingerprint density at radius 2 is 2.06 bits per heavy atom.